The molecule has 0 saturated carbocycles. The Morgan fingerprint density at radius 2 is 0.533 bits per heavy atom. The molecule has 75 heavy (non-hydrogen) atoms. The van der Waals surface area contributed by atoms with Gasteiger partial charge in [0.2, 0.25) is 0 Å². The van der Waals surface area contributed by atoms with Crippen molar-refractivity contribution < 1.29 is 84.8 Å². The van der Waals surface area contributed by atoms with E-state index >= 15 is 0 Å². The SMILES string of the molecule is [Co+2].[O-][Cl+3]([O-])([O-])[O-].[O-][Cl+3]([O-])([O-])[O-].[O-]c1ccc(C[P+](c2ccccc2)(c2ccccc2)c2ccccc2)cc1C=Nc1ccccc1N=Cc1cc(C[P+](c2ccccc2)(c2ccccc2)c2ccccc2)ccc1[O-]. The molecule has 0 spiro atoms. The van der Waals surface area contributed by atoms with Gasteiger partial charge in [0.15, 0.2) is 0 Å². The quantitative estimate of drug-likeness (QED) is 0.109. The van der Waals surface area contributed by atoms with Crippen LogP contribution in [0.5, 0.6) is 11.5 Å². The molecule has 9 aromatic carbocycles. The van der Waals surface area contributed by atoms with Gasteiger partial charge >= 0.3 is 16.8 Å². The number of halogens is 2. The van der Waals surface area contributed by atoms with Crippen molar-refractivity contribution in [1.82, 2.24) is 0 Å². The molecule has 9 aromatic rings. The number of hydrogen-bond acceptors (Lipinski definition) is 12. The smallest absolute Gasteiger partial charge is 0.872 e. The van der Waals surface area contributed by atoms with Crippen LogP contribution in [0, 0.1) is 20.5 Å². The normalized spacial score (nSPS) is 11.7. The molecule has 0 aliphatic heterocycles. The molecule has 0 heterocycles. The average molecular weight is 1120 g/mol. The molecule has 12 nitrogen and oxygen atoms in total. The molecule has 1 radical (unpaired) electrons. The summed E-state index contributed by atoms with van der Waals surface area (Å²) in [6.07, 6.45) is 4.75. The van der Waals surface area contributed by atoms with Crippen molar-refractivity contribution in [3.05, 3.63) is 265 Å². The Kier molecular flexibility index (Phi) is 20.7. The number of hydrogen-bond donors (Lipinski definition) is 0. The molecule has 381 valence electrons. The summed E-state index contributed by atoms with van der Waals surface area (Å²) in [5.74, 6) is -0.213. The molecular weight excluding hydrogens is 1080 g/mol. The minimum atomic E-state index is -4.94. The third kappa shape index (κ3) is 16.0. The Labute approximate surface area is 451 Å². The van der Waals surface area contributed by atoms with Crippen LogP contribution in [0.3, 0.4) is 0 Å². The van der Waals surface area contributed by atoms with E-state index in [1.54, 1.807) is 24.6 Å². The van der Waals surface area contributed by atoms with Gasteiger partial charge in [-0.25, -0.2) is 37.3 Å². The maximum absolute atomic E-state index is 13.5. The van der Waals surface area contributed by atoms with Crippen LogP contribution in [0.25, 0.3) is 0 Å². The van der Waals surface area contributed by atoms with Crippen molar-refractivity contribution >= 4 is 70.2 Å². The maximum atomic E-state index is 13.5. The Bertz CT molecular complexity index is 2830. The second-order valence-corrected chi connectivity index (χ2v) is 24.9. The minimum Gasteiger partial charge on any atom is -0.872 e. The molecule has 0 saturated heterocycles. The average Bonchev–Trinajstić information content (AvgIpc) is 3.40. The topological polar surface area (TPSA) is 255 Å². The van der Waals surface area contributed by atoms with Crippen molar-refractivity contribution in [3.8, 4) is 11.5 Å². The first-order valence-corrected chi connectivity index (χ1v) is 29.0. The van der Waals surface area contributed by atoms with Crippen molar-refractivity contribution in [1.29, 1.82) is 0 Å². The molecule has 17 heteroatoms. The zero-order chi connectivity index (χ0) is 52.6. The maximum Gasteiger partial charge on any atom is 2.00 e. The van der Waals surface area contributed by atoms with E-state index < -0.39 is 35.0 Å². The molecular formula is C58H46Cl2CoN2O10P2. The fraction of sp³-hybridized carbons (Fsp3) is 0.0345. The second kappa shape index (κ2) is 26.9. The van der Waals surface area contributed by atoms with Crippen LogP contribution in [-0.2, 0) is 29.1 Å². The van der Waals surface area contributed by atoms with E-state index in [4.69, 9.17) is 47.3 Å². The summed E-state index contributed by atoms with van der Waals surface area (Å²) in [7, 11) is -14.3. The molecule has 0 N–H and O–H groups in total. The largest absolute Gasteiger partial charge is 2.00 e. The van der Waals surface area contributed by atoms with Gasteiger partial charge in [-0.15, -0.1) is 32.0 Å². The molecule has 0 fully saturated rings. The first-order chi connectivity index (χ1) is 35.5. The van der Waals surface area contributed by atoms with Crippen molar-refractivity contribution in [2.45, 2.75) is 12.3 Å². The summed E-state index contributed by atoms with van der Waals surface area (Å²) in [4.78, 5) is 9.69. The van der Waals surface area contributed by atoms with Gasteiger partial charge < -0.3 is 10.2 Å². The summed E-state index contributed by atoms with van der Waals surface area (Å²) < 4.78 is 67.9. The van der Waals surface area contributed by atoms with E-state index in [1.807, 2.05) is 48.5 Å². The predicted molar refractivity (Wildman–Crippen MR) is 270 cm³/mol. The van der Waals surface area contributed by atoms with Crippen LogP contribution < -0.4 is 79.3 Å². The van der Waals surface area contributed by atoms with Crippen LogP contribution in [0.4, 0.5) is 11.4 Å². The fourth-order valence-electron chi connectivity index (χ4n) is 8.64. The van der Waals surface area contributed by atoms with Gasteiger partial charge in [0, 0.05) is 12.4 Å². The van der Waals surface area contributed by atoms with Crippen molar-refractivity contribution in [2.75, 3.05) is 0 Å². The van der Waals surface area contributed by atoms with Crippen LogP contribution in [0.1, 0.15) is 22.3 Å². The van der Waals surface area contributed by atoms with Gasteiger partial charge in [0.05, 0.1) is 23.7 Å². The fourth-order valence-corrected chi connectivity index (χ4v) is 17.1. The third-order valence-corrected chi connectivity index (χ3v) is 20.5. The Morgan fingerprint density at radius 1 is 0.320 bits per heavy atom. The van der Waals surface area contributed by atoms with E-state index in [-0.39, 0.29) is 28.3 Å². The van der Waals surface area contributed by atoms with Crippen molar-refractivity contribution in [3.63, 3.8) is 0 Å². The third-order valence-electron chi connectivity index (χ3n) is 11.7. The standard InChI is InChI=1S/C58H46N2O2P2.2ClHO4.Co/c61-57-37-35-45(43-63(49-21-7-1-8-22-49,50-23-9-2-10-24-50)51-25-11-3-12-26-51)39-47(57)41-59-55-33-19-20-34-56(55)60-42-48-40-46(36-38-58(48)62)44-64(52-27-13-4-14-28-52,53-29-15-5-16-30-53)54-31-17-6-18-32-54;2*2-1(3,4)5;/h1-42H,43-44H2;2*(H,2,3,4,5);/q;;;+2/p-2. The summed E-state index contributed by atoms with van der Waals surface area (Å²) in [6, 6.07) is 83.2. The molecule has 0 amide bonds. The Morgan fingerprint density at radius 3 is 0.760 bits per heavy atom. The van der Waals surface area contributed by atoms with Gasteiger partial charge in [-0.1, -0.05) is 146 Å². The number of rotatable bonds is 14. The Balaban J connectivity index is 0.000000761. The van der Waals surface area contributed by atoms with Crippen LogP contribution in [-0.4, -0.2) is 12.4 Å². The molecule has 0 aliphatic carbocycles. The van der Waals surface area contributed by atoms with Gasteiger partial charge in [-0.3, -0.25) is 9.98 Å². The summed E-state index contributed by atoms with van der Waals surface area (Å²) >= 11 is 0. The Hall–Kier alpha value is -6.45. The molecule has 0 aliphatic rings. The first-order valence-electron chi connectivity index (χ1n) is 22.6. The van der Waals surface area contributed by atoms with E-state index in [9.17, 15) is 10.2 Å². The minimum absolute atomic E-state index is 0. The molecule has 0 unspecified atom stereocenters. The van der Waals surface area contributed by atoms with Gasteiger partial charge in [-0.05, 0) is 119 Å². The summed E-state index contributed by atoms with van der Waals surface area (Å²) in [5.41, 5.74) is 4.29. The zero-order valence-electron chi connectivity index (χ0n) is 39.6. The van der Waals surface area contributed by atoms with E-state index in [1.165, 1.54) is 31.8 Å². The summed E-state index contributed by atoms with van der Waals surface area (Å²) in [5, 5.41) is 34.6. The number of benzene rings is 9. The van der Waals surface area contributed by atoms with E-state index in [2.05, 4.69) is 182 Å². The first kappa shape index (κ1) is 57.8. The van der Waals surface area contributed by atoms with Crippen LogP contribution in [0.2, 0.25) is 0 Å². The van der Waals surface area contributed by atoms with Crippen LogP contribution in [0.15, 0.2) is 253 Å². The number of nitrogens with zero attached hydrogens (tertiary/aromatic N) is 2. The van der Waals surface area contributed by atoms with E-state index in [0.717, 1.165) is 23.5 Å². The summed E-state index contributed by atoms with van der Waals surface area (Å²) in [6.45, 7) is 0. The number of aliphatic imine (C=N–C) groups is 2. The van der Waals surface area contributed by atoms with E-state index in [0.29, 0.717) is 22.5 Å². The molecule has 0 atom stereocenters. The predicted octanol–water partition coefficient (Wildman–Crippen LogP) is 0.809. The number of para-hydroxylation sites is 2. The monoisotopic (exact) mass is 1120 g/mol. The van der Waals surface area contributed by atoms with Gasteiger partial charge in [0.1, 0.15) is 46.4 Å². The zero-order valence-corrected chi connectivity index (χ0v) is 44.0. The van der Waals surface area contributed by atoms with Crippen molar-refractivity contribution in [2.24, 2.45) is 9.98 Å². The molecule has 0 aromatic heterocycles. The van der Waals surface area contributed by atoms with Crippen LogP contribution >= 0.6 is 14.5 Å². The van der Waals surface area contributed by atoms with Gasteiger partial charge in [0.25, 0.3) is 0 Å². The molecule has 9 rings (SSSR count). The molecule has 0 bridgehead atoms. The second-order valence-electron chi connectivity index (χ2n) is 16.5. The van der Waals surface area contributed by atoms with Gasteiger partial charge in [-0.2, -0.15) is 0 Å².